The zero-order valence-electron chi connectivity index (χ0n) is 10.7. The van der Waals surface area contributed by atoms with Crippen LogP contribution in [0.1, 0.15) is 38.4 Å². The maximum atomic E-state index is 10.0. The van der Waals surface area contributed by atoms with Crippen molar-refractivity contribution in [3.63, 3.8) is 0 Å². The lowest BCUT2D eigenvalue weighted by atomic mass is 9.93. The third-order valence-electron chi connectivity index (χ3n) is 3.51. The molecule has 1 unspecified atom stereocenters. The highest BCUT2D eigenvalue weighted by Gasteiger charge is 2.25. The predicted octanol–water partition coefficient (Wildman–Crippen LogP) is 1.86. The fourth-order valence-electron chi connectivity index (χ4n) is 1.89. The predicted molar refractivity (Wildman–Crippen MR) is 69.8 cm³/mol. The van der Waals surface area contributed by atoms with Crippen LogP contribution in [0.15, 0.2) is 30.3 Å². The van der Waals surface area contributed by atoms with E-state index in [1.54, 1.807) is 0 Å². The normalized spacial score (nSPS) is 13.6. The quantitative estimate of drug-likeness (QED) is 0.678. The van der Waals surface area contributed by atoms with Gasteiger partial charge in [-0.2, -0.15) is 0 Å². The number of aliphatic hydroxyl groups excluding tert-OH is 2. The number of benzene rings is 1. The van der Waals surface area contributed by atoms with E-state index < -0.39 is 6.10 Å². The van der Waals surface area contributed by atoms with E-state index in [2.05, 4.69) is 5.32 Å². The van der Waals surface area contributed by atoms with Gasteiger partial charge in [0.1, 0.15) is 0 Å². The van der Waals surface area contributed by atoms with Crippen molar-refractivity contribution in [1.29, 1.82) is 0 Å². The van der Waals surface area contributed by atoms with Crippen molar-refractivity contribution in [2.75, 3.05) is 13.2 Å². The lowest BCUT2D eigenvalue weighted by molar-refractivity contribution is 0.114. The van der Waals surface area contributed by atoms with E-state index in [0.29, 0.717) is 6.54 Å². The summed E-state index contributed by atoms with van der Waals surface area (Å²) >= 11 is 0. The molecule has 0 fully saturated rings. The molecule has 0 heterocycles. The van der Waals surface area contributed by atoms with Crippen LogP contribution in [0.4, 0.5) is 0 Å². The zero-order valence-corrected chi connectivity index (χ0v) is 10.7. The summed E-state index contributed by atoms with van der Waals surface area (Å²) in [6.07, 6.45) is 1.17. The summed E-state index contributed by atoms with van der Waals surface area (Å²) in [4.78, 5) is 0. The van der Waals surface area contributed by atoms with Crippen LogP contribution in [-0.4, -0.2) is 28.9 Å². The first-order chi connectivity index (χ1) is 8.17. The number of hydrogen-bond donors (Lipinski definition) is 3. The lowest BCUT2D eigenvalue weighted by Gasteiger charge is -2.32. The van der Waals surface area contributed by atoms with E-state index in [1.165, 1.54) is 0 Å². The lowest BCUT2D eigenvalue weighted by Crippen LogP contribution is -2.49. The molecule has 1 rings (SSSR count). The summed E-state index contributed by atoms with van der Waals surface area (Å²) < 4.78 is 0. The molecule has 0 aliphatic rings. The average molecular weight is 237 g/mol. The van der Waals surface area contributed by atoms with Crippen LogP contribution in [-0.2, 0) is 0 Å². The Bertz CT molecular complexity index is 301. The fourth-order valence-corrected chi connectivity index (χ4v) is 1.89. The molecule has 3 N–H and O–H groups in total. The van der Waals surface area contributed by atoms with Crippen molar-refractivity contribution in [3.8, 4) is 0 Å². The van der Waals surface area contributed by atoms with Crippen molar-refractivity contribution in [1.82, 2.24) is 5.32 Å². The minimum Gasteiger partial charge on any atom is -0.394 e. The van der Waals surface area contributed by atoms with Gasteiger partial charge in [-0.15, -0.1) is 0 Å². The third kappa shape index (κ3) is 3.80. The van der Waals surface area contributed by atoms with Gasteiger partial charge in [0, 0.05) is 12.1 Å². The van der Waals surface area contributed by atoms with Gasteiger partial charge in [-0.25, -0.2) is 0 Å². The Morgan fingerprint density at radius 2 is 1.76 bits per heavy atom. The second-order valence-corrected chi connectivity index (χ2v) is 4.45. The second kappa shape index (κ2) is 6.74. The molecule has 1 aromatic carbocycles. The van der Waals surface area contributed by atoms with Crippen molar-refractivity contribution >= 4 is 0 Å². The van der Waals surface area contributed by atoms with Crippen LogP contribution >= 0.6 is 0 Å². The smallest absolute Gasteiger partial charge is 0.0914 e. The molecule has 3 nitrogen and oxygen atoms in total. The molecule has 0 bridgehead atoms. The van der Waals surface area contributed by atoms with E-state index in [9.17, 15) is 10.2 Å². The van der Waals surface area contributed by atoms with Gasteiger partial charge >= 0.3 is 0 Å². The largest absolute Gasteiger partial charge is 0.394 e. The zero-order chi connectivity index (χ0) is 12.7. The number of hydrogen-bond acceptors (Lipinski definition) is 3. The Hall–Kier alpha value is -0.900. The molecular weight excluding hydrogens is 214 g/mol. The Morgan fingerprint density at radius 3 is 2.24 bits per heavy atom. The monoisotopic (exact) mass is 237 g/mol. The number of rotatable bonds is 7. The van der Waals surface area contributed by atoms with Crippen molar-refractivity contribution in [2.45, 2.75) is 38.3 Å². The molecule has 0 aliphatic carbocycles. The molecule has 3 heteroatoms. The van der Waals surface area contributed by atoms with E-state index >= 15 is 0 Å². The third-order valence-corrected chi connectivity index (χ3v) is 3.51. The molecular formula is C14H23NO2. The summed E-state index contributed by atoms with van der Waals surface area (Å²) in [5.41, 5.74) is 0.634. The Balaban J connectivity index is 2.55. The standard InChI is InChI=1S/C14H23NO2/c1-3-14(4-2,11-16)15-10-13(17)12-8-6-5-7-9-12/h5-9,13,15-17H,3-4,10-11H2,1-2H3. The fraction of sp³-hybridized carbons (Fsp3) is 0.571. The first-order valence-corrected chi connectivity index (χ1v) is 6.26. The number of nitrogens with one attached hydrogen (secondary N) is 1. The highest BCUT2D eigenvalue weighted by Crippen LogP contribution is 2.17. The van der Waals surface area contributed by atoms with Crippen molar-refractivity contribution < 1.29 is 10.2 Å². The van der Waals surface area contributed by atoms with Crippen LogP contribution < -0.4 is 5.32 Å². The maximum Gasteiger partial charge on any atom is 0.0914 e. The summed E-state index contributed by atoms with van der Waals surface area (Å²) in [6, 6.07) is 9.57. The van der Waals surface area contributed by atoms with E-state index in [0.717, 1.165) is 18.4 Å². The summed E-state index contributed by atoms with van der Waals surface area (Å²) in [6.45, 7) is 4.65. The van der Waals surface area contributed by atoms with Crippen LogP contribution in [0.3, 0.4) is 0 Å². The second-order valence-electron chi connectivity index (χ2n) is 4.45. The molecule has 17 heavy (non-hydrogen) atoms. The molecule has 0 aromatic heterocycles. The van der Waals surface area contributed by atoms with Gasteiger partial charge in [-0.05, 0) is 18.4 Å². The molecule has 96 valence electrons. The van der Waals surface area contributed by atoms with E-state index in [4.69, 9.17) is 0 Å². The minimum absolute atomic E-state index is 0.0987. The highest BCUT2D eigenvalue weighted by molar-refractivity contribution is 5.17. The molecule has 0 saturated heterocycles. The van der Waals surface area contributed by atoms with Gasteiger partial charge in [0.2, 0.25) is 0 Å². The molecule has 0 saturated carbocycles. The van der Waals surface area contributed by atoms with Gasteiger partial charge in [-0.1, -0.05) is 44.2 Å². The molecule has 1 aromatic rings. The Morgan fingerprint density at radius 1 is 1.18 bits per heavy atom. The topological polar surface area (TPSA) is 52.5 Å². The highest BCUT2D eigenvalue weighted by atomic mass is 16.3. The van der Waals surface area contributed by atoms with Crippen LogP contribution in [0.5, 0.6) is 0 Å². The molecule has 0 spiro atoms. The SMILES string of the molecule is CCC(CC)(CO)NCC(O)c1ccccc1. The van der Waals surface area contributed by atoms with Gasteiger partial charge in [0.15, 0.2) is 0 Å². The number of β-amino-alcohol motifs (C(OH)–C–C–N with tert-alkyl or cyclic N) is 1. The first kappa shape index (κ1) is 14.2. The van der Waals surface area contributed by atoms with Crippen LogP contribution in [0, 0.1) is 0 Å². The van der Waals surface area contributed by atoms with E-state index in [-0.39, 0.29) is 12.1 Å². The van der Waals surface area contributed by atoms with E-state index in [1.807, 2.05) is 44.2 Å². The molecule has 0 amide bonds. The van der Waals surface area contributed by atoms with Crippen molar-refractivity contribution in [3.05, 3.63) is 35.9 Å². The Kier molecular flexibility index (Phi) is 5.62. The van der Waals surface area contributed by atoms with Gasteiger partial charge in [0.05, 0.1) is 12.7 Å². The maximum absolute atomic E-state index is 10.0. The van der Waals surface area contributed by atoms with Crippen LogP contribution in [0.25, 0.3) is 0 Å². The summed E-state index contributed by atoms with van der Waals surface area (Å²) in [5.74, 6) is 0. The summed E-state index contributed by atoms with van der Waals surface area (Å²) in [5, 5.41) is 22.7. The van der Waals surface area contributed by atoms with Gasteiger partial charge in [-0.3, -0.25) is 0 Å². The Labute approximate surface area is 103 Å². The first-order valence-electron chi connectivity index (χ1n) is 6.26. The summed E-state index contributed by atoms with van der Waals surface area (Å²) in [7, 11) is 0. The average Bonchev–Trinajstić information content (AvgIpc) is 2.41. The molecule has 0 aliphatic heterocycles. The minimum atomic E-state index is -0.528. The molecule has 1 atom stereocenters. The van der Waals surface area contributed by atoms with Crippen molar-refractivity contribution in [2.24, 2.45) is 0 Å². The van der Waals surface area contributed by atoms with Gasteiger partial charge < -0.3 is 15.5 Å². The van der Waals surface area contributed by atoms with Crippen LogP contribution in [0.2, 0.25) is 0 Å². The number of aliphatic hydroxyl groups is 2. The van der Waals surface area contributed by atoms with Gasteiger partial charge in [0.25, 0.3) is 0 Å². The molecule has 0 radical (unpaired) electrons.